The molecule has 146 valence electrons. The summed E-state index contributed by atoms with van der Waals surface area (Å²) in [6.45, 7) is 0. The first-order valence-electron chi connectivity index (χ1n) is 8.61. The fraction of sp³-hybridized carbons (Fsp3) is 0.105. The van der Waals surface area contributed by atoms with Gasteiger partial charge in [0.15, 0.2) is 16.2 Å². The van der Waals surface area contributed by atoms with Crippen LogP contribution in [0.5, 0.6) is 0 Å². The SMILES string of the molecule is C[n+]1c(SCC(=O)Nc2nc(-c3ccc([N+](=O)[O-])cc3)cs2)[nH]c2ccccc21. The highest BCUT2D eigenvalue weighted by molar-refractivity contribution is 7.99. The van der Waals surface area contributed by atoms with E-state index in [2.05, 4.69) is 15.3 Å². The molecule has 2 aromatic carbocycles. The van der Waals surface area contributed by atoms with E-state index in [1.165, 1.54) is 35.2 Å². The van der Waals surface area contributed by atoms with Crippen LogP contribution in [0.25, 0.3) is 22.3 Å². The average molecular weight is 427 g/mol. The first kappa shape index (κ1) is 19.1. The molecule has 29 heavy (non-hydrogen) atoms. The molecule has 2 aromatic heterocycles. The number of hydrogen-bond donors (Lipinski definition) is 2. The maximum absolute atomic E-state index is 12.3. The Morgan fingerprint density at radius 1 is 1.28 bits per heavy atom. The smallest absolute Gasteiger partial charge is 0.301 e. The van der Waals surface area contributed by atoms with Crippen LogP contribution in [0.3, 0.4) is 0 Å². The van der Waals surface area contributed by atoms with Crippen molar-refractivity contribution in [3.63, 3.8) is 0 Å². The molecule has 1 amide bonds. The average Bonchev–Trinajstić information content (AvgIpc) is 3.31. The lowest BCUT2D eigenvalue weighted by molar-refractivity contribution is -0.683. The Hall–Kier alpha value is -3.24. The van der Waals surface area contributed by atoms with E-state index in [-0.39, 0.29) is 17.3 Å². The summed E-state index contributed by atoms with van der Waals surface area (Å²) >= 11 is 2.73. The number of thiazole rings is 1. The molecule has 4 rings (SSSR count). The van der Waals surface area contributed by atoms with Crippen molar-refractivity contribution in [1.29, 1.82) is 0 Å². The van der Waals surface area contributed by atoms with Crippen molar-refractivity contribution in [3.05, 3.63) is 64.0 Å². The maximum atomic E-state index is 12.3. The van der Waals surface area contributed by atoms with Crippen molar-refractivity contribution in [2.24, 2.45) is 7.05 Å². The third kappa shape index (κ3) is 4.13. The molecule has 0 atom stereocenters. The number of rotatable bonds is 6. The van der Waals surface area contributed by atoms with Crippen LogP contribution in [0.2, 0.25) is 0 Å². The number of aromatic nitrogens is 3. The number of non-ortho nitro benzene ring substituents is 1. The predicted molar refractivity (Wildman–Crippen MR) is 113 cm³/mol. The normalized spacial score (nSPS) is 10.9. The van der Waals surface area contributed by atoms with E-state index >= 15 is 0 Å². The van der Waals surface area contributed by atoms with E-state index in [0.717, 1.165) is 21.8 Å². The molecule has 8 nitrogen and oxygen atoms in total. The second-order valence-corrected chi connectivity index (χ2v) is 8.01. The lowest BCUT2D eigenvalue weighted by atomic mass is 10.1. The van der Waals surface area contributed by atoms with E-state index in [1.807, 2.05) is 41.3 Å². The van der Waals surface area contributed by atoms with Gasteiger partial charge in [-0.25, -0.2) is 14.5 Å². The van der Waals surface area contributed by atoms with Crippen LogP contribution in [0.4, 0.5) is 10.8 Å². The van der Waals surface area contributed by atoms with Gasteiger partial charge in [0.2, 0.25) is 5.91 Å². The number of para-hydroxylation sites is 2. The van der Waals surface area contributed by atoms with Gasteiger partial charge in [0, 0.05) is 23.1 Å². The summed E-state index contributed by atoms with van der Waals surface area (Å²) < 4.78 is 2.02. The third-order valence-corrected chi connectivity index (χ3v) is 6.09. The number of benzene rings is 2. The zero-order valence-corrected chi connectivity index (χ0v) is 16.9. The molecule has 10 heteroatoms. The number of nitrogens with one attached hydrogen (secondary N) is 2. The Morgan fingerprint density at radius 3 is 2.76 bits per heavy atom. The van der Waals surface area contributed by atoms with Crippen LogP contribution in [0.1, 0.15) is 0 Å². The van der Waals surface area contributed by atoms with Crippen LogP contribution in [-0.2, 0) is 11.8 Å². The largest absolute Gasteiger partial charge is 0.317 e. The zero-order valence-electron chi connectivity index (χ0n) is 15.3. The van der Waals surface area contributed by atoms with Gasteiger partial charge in [-0.1, -0.05) is 12.1 Å². The van der Waals surface area contributed by atoms with Gasteiger partial charge in [0.25, 0.3) is 5.69 Å². The van der Waals surface area contributed by atoms with E-state index in [4.69, 9.17) is 0 Å². The number of H-pyrrole nitrogens is 1. The number of fused-ring (bicyclic) bond motifs is 1. The van der Waals surface area contributed by atoms with E-state index in [1.54, 1.807) is 12.1 Å². The summed E-state index contributed by atoms with van der Waals surface area (Å²) in [6, 6.07) is 14.1. The zero-order chi connectivity index (χ0) is 20.4. The second kappa shape index (κ2) is 8.02. The maximum Gasteiger partial charge on any atom is 0.317 e. The van der Waals surface area contributed by atoms with Crippen LogP contribution < -0.4 is 9.88 Å². The van der Waals surface area contributed by atoms with Gasteiger partial charge < -0.3 is 5.32 Å². The summed E-state index contributed by atoms with van der Waals surface area (Å²) in [7, 11) is 1.95. The number of aryl methyl sites for hydroxylation is 1. The van der Waals surface area contributed by atoms with Gasteiger partial charge in [-0.05, 0) is 36.0 Å². The van der Waals surface area contributed by atoms with Crippen molar-refractivity contribution in [3.8, 4) is 11.3 Å². The third-order valence-electron chi connectivity index (χ3n) is 4.28. The molecule has 0 radical (unpaired) electrons. The minimum absolute atomic E-state index is 0.0275. The number of anilines is 1. The van der Waals surface area contributed by atoms with Gasteiger partial charge in [-0.15, -0.1) is 11.3 Å². The quantitative estimate of drug-likeness (QED) is 0.211. The molecular formula is C19H16N5O3S2+. The molecule has 2 N–H and O–H groups in total. The first-order valence-corrected chi connectivity index (χ1v) is 10.5. The van der Waals surface area contributed by atoms with Crippen molar-refractivity contribution in [2.45, 2.75) is 5.16 Å². The van der Waals surface area contributed by atoms with Gasteiger partial charge in [0.05, 0.1) is 23.4 Å². The van der Waals surface area contributed by atoms with E-state index in [9.17, 15) is 14.9 Å². The molecule has 2 heterocycles. The molecule has 0 spiro atoms. The fourth-order valence-electron chi connectivity index (χ4n) is 2.82. The molecule has 0 bridgehead atoms. The van der Waals surface area contributed by atoms with Crippen LogP contribution in [0.15, 0.2) is 59.1 Å². The number of carbonyl (C=O) groups excluding carboxylic acids is 1. The number of imidazole rings is 1. The van der Waals surface area contributed by atoms with Crippen molar-refractivity contribution < 1.29 is 14.3 Å². The van der Waals surface area contributed by atoms with Crippen LogP contribution in [-0.4, -0.2) is 26.6 Å². The Balaban J connectivity index is 1.38. The second-order valence-electron chi connectivity index (χ2n) is 6.19. The number of aromatic amines is 1. The van der Waals surface area contributed by atoms with Gasteiger partial charge in [0.1, 0.15) is 0 Å². The van der Waals surface area contributed by atoms with Gasteiger partial charge in [-0.3, -0.25) is 14.9 Å². The summed E-state index contributed by atoms with van der Waals surface area (Å²) in [5.74, 6) is 0.0888. The minimum atomic E-state index is -0.443. The highest BCUT2D eigenvalue weighted by Crippen LogP contribution is 2.26. The number of carbonyl (C=O) groups is 1. The summed E-state index contributed by atoms with van der Waals surface area (Å²) in [6.07, 6.45) is 0. The van der Waals surface area contributed by atoms with Crippen molar-refractivity contribution >= 4 is 50.9 Å². The minimum Gasteiger partial charge on any atom is -0.301 e. The van der Waals surface area contributed by atoms with Crippen molar-refractivity contribution in [1.82, 2.24) is 9.97 Å². The molecule has 4 aromatic rings. The molecule has 0 fully saturated rings. The molecular weight excluding hydrogens is 410 g/mol. The number of hydrogen-bond acceptors (Lipinski definition) is 6. The van der Waals surface area contributed by atoms with Gasteiger partial charge >= 0.3 is 5.16 Å². The summed E-state index contributed by atoms with van der Waals surface area (Å²) in [5.41, 5.74) is 3.54. The highest BCUT2D eigenvalue weighted by Gasteiger charge is 2.17. The van der Waals surface area contributed by atoms with E-state index in [0.29, 0.717) is 10.8 Å². The van der Waals surface area contributed by atoms with Crippen LogP contribution in [0, 0.1) is 10.1 Å². The number of thioether (sulfide) groups is 1. The monoisotopic (exact) mass is 426 g/mol. The molecule has 0 unspecified atom stereocenters. The lowest BCUT2D eigenvalue weighted by Gasteiger charge is -2.00. The number of amides is 1. The number of nitro groups is 1. The Bertz CT molecular complexity index is 1200. The van der Waals surface area contributed by atoms with Gasteiger partial charge in [-0.2, -0.15) is 0 Å². The summed E-state index contributed by atoms with van der Waals surface area (Å²) in [5, 5.41) is 16.7. The topological polar surface area (TPSA) is 105 Å². The Labute approximate surface area is 173 Å². The summed E-state index contributed by atoms with van der Waals surface area (Å²) in [4.78, 5) is 30.3. The Morgan fingerprint density at radius 2 is 2.03 bits per heavy atom. The molecule has 0 saturated heterocycles. The fourth-order valence-corrected chi connectivity index (χ4v) is 4.37. The number of nitrogens with zero attached hydrogens (tertiary/aromatic N) is 3. The molecule has 0 aliphatic carbocycles. The van der Waals surface area contributed by atoms with E-state index < -0.39 is 4.92 Å². The Kier molecular flexibility index (Phi) is 5.28. The lowest BCUT2D eigenvalue weighted by Crippen LogP contribution is -2.29. The predicted octanol–water partition coefficient (Wildman–Crippen LogP) is 3.75. The van der Waals surface area contributed by atoms with Crippen molar-refractivity contribution in [2.75, 3.05) is 11.1 Å². The highest BCUT2D eigenvalue weighted by atomic mass is 32.2. The molecule has 0 saturated carbocycles. The van der Waals surface area contributed by atoms with Crippen LogP contribution >= 0.6 is 23.1 Å². The number of nitro benzene ring substituents is 1. The standard InChI is InChI=1S/C19H15N5O3S2/c1-23-16-5-3-2-4-14(16)21-19(23)29-11-17(25)22-18-20-15(10-28-18)12-6-8-13(9-7-12)24(26)27/h2-10H,11H2,1H3,(H,20,22,25)/p+1. The first-order chi connectivity index (χ1) is 14.0. The molecule has 0 aliphatic rings. The molecule has 0 aliphatic heterocycles.